The van der Waals surface area contributed by atoms with Gasteiger partial charge in [-0.15, -0.1) is 0 Å². The number of halogens is 2. The maximum absolute atomic E-state index is 14.2. The first-order valence-electron chi connectivity index (χ1n) is 7.88. The van der Waals surface area contributed by atoms with Gasteiger partial charge in [-0.1, -0.05) is 17.7 Å². The van der Waals surface area contributed by atoms with Crippen LogP contribution in [0.4, 0.5) is 4.39 Å². The second kappa shape index (κ2) is 5.57. The minimum Gasteiger partial charge on any atom is -0.310 e. The zero-order valence-corrected chi connectivity index (χ0v) is 15.1. The van der Waals surface area contributed by atoms with Gasteiger partial charge in [-0.05, 0) is 19.1 Å². The maximum atomic E-state index is 14.2. The standard InChI is InChI=1S/C17H15ClFN5O2/c1-9-7-24-13-14(21(2)17(26)22(3)15(13)25)20-16(24)23(9)8-10-11(18)5-4-6-12(10)19/h4-7H,8H2,1-3H3. The second-order valence-electron chi connectivity index (χ2n) is 6.22. The fraction of sp³-hybridized carbons (Fsp3) is 0.235. The summed E-state index contributed by atoms with van der Waals surface area (Å²) < 4.78 is 19.9. The van der Waals surface area contributed by atoms with Crippen molar-refractivity contribution >= 4 is 28.5 Å². The van der Waals surface area contributed by atoms with Gasteiger partial charge in [-0.2, -0.15) is 4.98 Å². The lowest BCUT2D eigenvalue weighted by atomic mass is 10.2. The molecule has 0 aliphatic heterocycles. The molecular formula is C17H15ClFN5O2. The van der Waals surface area contributed by atoms with Crippen LogP contribution in [0.15, 0.2) is 34.0 Å². The molecule has 0 bridgehead atoms. The number of benzene rings is 1. The largest absolute Gasteiger partial charge is 0.332 e. The van der Waals surface area contributed by atoms with Gasteiger partial charge < -0.3 is 4.57 Å². The number of aromatic nitrogens is 5. The Bertz CT molecular complexity index is 1290. The predicted molar refractivity (Wildman–Crippen MR) is 96.4 cm³/mol. The van der Waals surface area contributed by atoms with Crippen LogP contribution < -0.4 is 11.2 Å². The molecule has 3 aromatic heterocycles. The smallest absolute Gasteiger partial charge is 0.310 e. The zero-order chi connectivity index (χ0) is 18.7. The van der Waals surface area contributed by atoms with E-state index in [-0.39, 0.29) is 12.2 Å². The molecule has 0 atom stereocenters. The molecule has 0 fully saturated rings. The van der Waals surface area contributed by atoms with Gasteiger partial charge in [-0.25, -0.2) is 9.18 Å². The van der Waals surface area contributed by atoms with Crippen LogP contribution in [0, 0.1) is 12.7 Å². The van der Waals surface area contributed by atoms with Gasteiger partial charge in [0, 0.05) is 36.6 Å². The predicted octanol–water partition coefficient (Wildman–Crippen LogP) is 1.84. The number of hydrogen-bond acceptors (Lipinski definition) is 3. The lowest BCUT2D eigenvalue weighted by molar-refractivity contribution is 0.600. The van der Waals surface area contributed by atoms with Gasteiger partial charge in [0.2, 0.25) is 5.78 Å². The molecule has 0 radical (unpaired) electrons. The highest BCUT2D eigenvalue weighted by molar-refractivity contribution is 6.31. The van der Waals surface area contributed by atoms with Crippen LogP contribution >= 0.6 is 11.6 Å². The molecule has 134 valence electrons. The van der Waals surface area contributed by atoms with Gasteiger partial charge in [-0.3, -0.25) is 18.3 Å². The molecule has 0 spiro atoms. The number of imidazole rings is 2. The summed E-state index contributed by atoms with van der Waals surface area (Å²) in [6.45, 7) is 1.99. The Kier molecular flexibility index (Phi) is 3.55. The Balaban J connectivity index is 2.05. The highest BCUT2D eigenvalue weighted by Crippen LogP contribution is 2.23. The van der Waals surface area contributed by atoms with Crippen LogP contribution in [0.25, 0.3) is 16.9 Å². The zero-order valence-electron chi connectivity index (χ0n) is 14.3. The van der Waals surface area contributed by atoms with Crippen molar-refractivity contribution in [3.05, 3.63) is 67.3 Å². The average Bonchev–Trinajstić information content (AvgIpc) is 3.10. The number of nitrogens with zero attached hydrogens (tertiary/aromatic N) is 5. The van der Waals surface area contributed by atoms with Crippen LogP contribution in [-0.4, -0.2) is 23.1 Å². The highest BCUT2D eigenvalue weighted by Gasteiger charge is 2.20. The minimum absolute atomic E-state index is 0.158. The Hall–Kier alpha value is -2.87. The normalized spacial score (nSPS) is 11.7. The SMILES string of the molecule is Cc1cn2c3c(=O)n(C)c(=O)n(C)c3nc2n1Cc1c(F)cccc1Cl. The van der Waals surface area contributed by atoms with Gasteiger partial charge in [0.25, 0.3) is 5.56 Å². The van der Waals surface area contributed by atoms with E-state index in [4.69, 9.17) is 11.6 Å². The van der Waals surface area contributed by atoms with Crippen LogP contribution in [0.1, 0.15) is 11.3 Å². The van der Waals surface area contributed by atoms with Crippen molar-refractivity contribution in [1.82, 2.24) is 23.1 Å². The summed E-state index contributed by atoms with van der Waals surface area (Å²) in [6.07, 6.45) is 1.74. The van der Waals surface area contributed by atoms with Crippen molar-refractivity contribution in [3.8, 4) is 0 Å². The van der Waals surface area contributed by atoms with Crippen molar-refractivity contribution in [2.75, 3.05) is 0 Å². The number of fused-ring (bicyclic) bond motifs is 3. The van der Waals surface area contributed by atoms with E-state index in [0.29, 0.717) is 21.9 Å². The first-order valence-corrected chi connectivity index (χ1v) is 8.26. The van der Waals surface area contributed by atoms with Crippen molar-refractivity contribution < 1.29 is 4.39 Å². The summed E-state index contributed by atoms with van der Waals surface area (Å²) in [5, 5.41) is 0.315. The summed E-state index contributed by atoms with van der Waals surface area (Å²) in [5.74, 6) is 0.0262. The Morgan fingerprint density at radius 2 is 1.92 bits per heavy atom. The van der Waals surface area contributed by atoms with Crippen LogP contribution in [0.2, 0.25) is 5.02 Å². The molecule has 0 aliphatic carbocycles. The van der Waals surface area contributed by atoms with E-state index in [2.05, 4.69) is 4.98 Å². The van der Waals surface area contributed by atoms with Gasteiger partial charge in [0.05, 0.1) is 6.54 Å². The van der Waals surface area contributed by atoms with E-state index in [1.807, 2.05) is 6.92 Å². The number of hydrogen-bond donors (Lipinski definition) is 0. The molecule has 0 unspecified atom stereocenters. The van der Waals surface area contributed by atoms with Crippen molar-refractivity contribution in [3.63, 3.8) is 0 Å². The van der Waals surface area contributed by atoms with Crippen molar-refractivity contribution in [1.29, 1.82) is 0 Å². The molecule has 4 aromatic rings. The molecule has 7 nitrogen and oxygen atoms in total. The maximum Gasteiger partial charge on any atom is 0.332 e. The molecule has 3 heterocycles. The topological polar surface area (TPSA) is 66.2 Å². The molecule has 4 rings (SSSR count). The molecule has 9 heteroatoms. The van der Waals surface area contributed by atoms with Crippen LogP contribution in [0.5, 0.6) is 0 Å². The fourth-order valence-electron chi connectivity index (χ4n) is 3.17. The Morgan fingerprint density at radius 1 is 1.19 bits per heavy atom. The fourth-order valence-corrected chi connectivity index (χ4v) is 3.39. The third-order valence-corrected chi connectivity index (χ3v) is 4.99. The molecule has 1 aromatic carbocycles. The van der Waals surface area contributed by atoms with Crippen LogP contribution in [-0.2, 0) is 20.6 Å². The first kappa shape index (κ1) is 16.6. The minimum atomic E-state index is -0.455. The van der Waals surface area contributed by atoms with Crippen molar-refractivity contribution in [2.45, 2.75) is 13.5 Å². The third kappa shape index (κ3) is 2.15. The van der Waals surface area contributed by atoms with Gasteiger partial charge in [0.15, 0.2) is 11.2 Å². The Labute approximate surface area is 151 Å². The molecule has 0 saturated heterocycles. The van der Waals surface area contributed by atoms with E-state index in [1.54, 1.807) is 34.3 Å². The molecule has 0 amide bonds. The molecule has 26 heavy (non-hydrogen) atoms. The molecule has 0 saturated carbocycles. The average molecular weight is 376 g/mol. The Morgan fingerprint density at radius 3 is 2.62 bits per heavy atom. The van der Waals surface area contributed by atoms with E-state index in [1.165, 1.54) is 17.7 Å². The molecular weight excluding hydrogens is 361 g/mol. The summed E-state index contributed by atoms with van der Waals surface area (Å²) in [7, 11) is 2.98. The second-order valence-corrected chi connectivity index (χ2v) is 6.62. The highest BCUT2D eigenvalue weighted by atomic mass is 35.5. The molecule has 0 aliphatic rings. The number of rotatable bonds is 2. The summed E-state index contributed by atoms with van der Waals surface area (Å²) in [5.41, 5.74) is 0.807. The first-order chi connectivity index (χ1) is 12.3. The van der Waals surface area contributed by atoms with E-state index < -0.39 is 17.1 Å². The van der Waals surface area contributed by atoms with E-state index in [9.17, 15) is 14.0 Å². The summed E-state index contributed by atoms with van der Waals surface area (Å²) in [4.78, 5) is 29.2. The molecule has 0 N–H and O–H groups in total. The lowest BCUT2D eigenvalue weighted by Crippen LogP contribution is -2.37. The van der Waals surface area contributed by atoms with Gasteiger partial charge in [0.1, 0.15) is 5.82 Å². The summed E-state index contributed by atoms with van der Waals surface area (Å²) >= 11 is 6.14. The monoisotopic (exact) mass is 375 g/mol. The van der Waals surface area contributed by atoms with E-state index >= 15 is 0 Å². The number of aryl methyl sites for hydroxylation is 2. The third-order valence-electron chi connectivity index (χ3n) is 4.63. The van der Waals surface area contributed by atoms with E-state index in [0.717, 1.165) is 10.3 Å². The van der Waals surface area contributed by atoms with Crippen molar-refractivity contribution in [2.24, 2.45) is 14.1 Å². The van der Waals surface area contributed by atoms with Crippen LogP contribution in [0.3, 0.4) is 0 Å². The summed E-state index contributed by atoms with van der Waals surface area (Å²) in [6, 6.07) is 4.51. The lowest BCUT2D eigenvalue weighted by Gasteiger charge is -2.09. The van der Waals surface area contributed by atoms with Gasteiger partial charge >= 0.3 is 5.69 Å². The quantitative estimate of drug-likeness (QED) is 0.537.